The van der Waals surface area contributed by atoms with Crippen LogP contribution < -0.4 is 0 Å². The Balaban J connectivity index is 1.81. The van der Waals surface area contributed by atoms with E-state index in [1.807, 2.05) is 0 Å². The molecule has 0 aromatic rings. The van der Waals surface area contributed by atoms with E-state index < -0.39 is 0 Å². The Bertz CT molecular complexity index is 243. The molecule has 0 radical (unpaired) electrons. The Labute approximate surface area is 94.2 Å². The van der Waals surface area contributed by atoms with Crippen molar-refractivity contribution < 1.29 is 0 Å². The number of fused-ring (bicyclic) bond motifs is 2. The molecule has 3 fully saturated rings. The maximum Gasteiger partial charge on any atom is 0.0130 e. The molecule has 0 aromatic carbocycles. The van der Waals surface area contributed by atoms with E-state index in [9.17, 15) is 0 Å². The third kappa shape index (κ3) is 1.46. The standard InChI is InChI=1S/C14H25N/c1-13(2,3)15-11-5-6-12(15)10-14(9-11)7-4-8-14/h11-12H,4-10H2,1-3H3. The fraction of sp³-hybridized carbons (Fsp3) is 1.00. The van der Waals surface area contributed by atoms with Crippen molar-refractivity contribution in [2.75, 3.05) is 0 Å². The van der Waals surface area contributed by atoms with E-state index >= 15 is 0 Å². The van der Waals surface area contributed by atoms with Gasteiger partial charge in [0, 0.05) is 17.6 Å². The molecule has 1 saturated carbocycles. The highest BCUT2D eigenvalue weighted by Gasteiger charge is 2.52. The van der Waals surface area contributed by atoms with Gasteiger partial charge in [0.2, 0.25) is 0 Å². The van der Waals surface area contributed by atoms with Crippen molar-refractivity contribution >= 4 is 0 Å². The summed E-state index contributed by atoms with van der Waals surface area (Å²) < 4.78 is 0. The van der Waals surface area contributed by atoms with Crippen molar-refractivity contribution in [3.8, 4) is 0 Å². The lowest BCUT2D eigenvalue weighted by Crippen LogP contribution is -2.56. The summed E-state index contributed by atoms with van der Waals surface area (Å²) >= 11 is 0. The average Bonchev–Trinajstić information content (AvgIpc) is 2.35. The summed E-state index contributed by atoms with van der Waals surface area (Å²) in [5.74, 6) is 0. The highest BCUT2D eigenvalue weighted by Crippen LogP contribution is 2.57. The summed E-state index contributed by atoms with van der Waals surface area (Å²) in [5, 5.41) is 0. The molecule has 0 N–H and O–H groups in total. The van der Waals surface area contributed by atoms with Gasteiger partial charge in [-0.25, -0.2) is 0 Å². The number of rotatable bonds is 0. The van der Waals surface area contributed by atoms with E-state index in [-0.39, 0.29) is 0 Å². The summed E-state index contributed by atoms with van der Waals surface area (Å²) in [7, 11) is 0. The van der Waals surface area contributed by atoms with Crippen molar-refractivity contribution in [2.45, 2.75) is 83.3 Å². The summed E-state index contributed by atoms with van der Waals surface area (Å²) in [4.78, 5) is 2.84. The van der Waals surface area contributed by atoms with Crippen LogP contribution in [0.15, 0.2) is 0 Å². The topological polar surface area (TPSA) is 3.24 Å². The minimum absolute atomic E-state index is 0.400. The number of nitrogens with zero attached hydrogens (tertiary/aromatic N) is 1. The Hall–Kier alpha value is -0.0400. The van der Waals surface area contributed by atoms with Gasteiger partial charge < -0.3 is 0 Å². The first kappa shape index (κ1) is 10.1. The van der Waals surface area contributed by atoms with Crippen LogP contribution in [0.25, 0.3) is 0 Å². The minimum atomic E-state index is 0.400. The predicted molar refractivity (Wildman–Crippen MR) is 63.9 cm³/mol. The van der Waals surface area contributed by atoms with E-state index in [1.165, 1.54) is 44.9 Å². The molecule has 15 heavy (non-hydrogen) atoms. The summed E-state index contributed by atoms with van der Waals surface area (Å²) in [6.45, 7) is 7.20. The average molecular weight is 207 g/mol. The molecule has 0 amide bonds. The molecule has 1 nitrogen and oxygen atoms in total. The second-order valence-corrected chi connectivity index (χ2v) is 7.22. The van der Waals surface area contributed by atoms with Crippen LogP contribution in [-0.2, 0) is 0 Å². The van der Waals surface area contributed by atoms with Crippen LogP contribution in [0.5, 0.6) is 0 Å². The van der Waals surface area contributed by atoms with Crippen molar-refractivity contribution in [1.82, 2.24) is 4.90 Å². The Morgan fingerprint density at radius 1 is 1.00 bits per heavy atom. The predicted octanol–water partition coefficient (Wildman–Crippen LogP) is 3.58. The fourth-order valence-corrected chi connectivity index (χ4v) is 4.63. The van der Waals surface area contributed by atoms with Gasteiger partial charge in [-0.1, -0.05) is 6.42 Å². The lowest BCUT2D eigenvalue weighted by molar-refractivity contribution is -0.0501. The van der Waals surface area contributed by atoms with Crippen molar-refractivity contribution in [1.29, 1.82) is 0 Å². The maximum atomic E-state index is 2.84. The molecule has 3 aliphatic rings. The molecule has 2 saturated heterocycles. The molecule has 3 rings (SSSR count). The first-order valence-corrected chi connectivity index (χ1v) is 6.79. The molecule has 2 atom stereocenters. The molecule has 86 valence electrons. The zero-order chi connectivity index (χ0) is 10.7. The van der Waals surface area contributed by atoms with E-state index in [2.05, 4.69) is 25.7 Å². The van der Waals surface area contributed by atoms with Crippen LogP contribution in [0.4, 0.5) is 0 Å². The van der Waals surface area contributed by atoms with Crippen molar-refractivity contribution in [2.24, 2.45) is 5.41 Å². The van der Waals surface area contributed by atoms with Gasteiger partial charge >= 0.3 is 0 Å². The smallest absolute Gasteiger partial charge is 0.0130 e. The van der Waals surface area contributed by atoms with E-state index in [0.717, 1.165) is 17.5 Å². The Kier molecular flexibility index (Phi) is 2.03. The Morgan fingerprint density at radius 2 is 1.53 bits per heavy atom. The highest BCUT2D eigenvalue weighted by molar-refractivity contribution is 5.06. The van der Waals surface area contributed by atoms with Gasteiger partial charge in [-0.15, -0.1) is 0 Å². The van der Waals surface area contributed by atoms with Crippen LogP contribution >= 0.6 is 0 Å². The first-order valence-electron chi connectivity index (χ1n) is 6.79. The van der Waals surface area contributed by atoms with Gasteiger partial charge in [-0.05, 0) is 64.7 Å². The van der Waals surface area contributed by atoms with E-state index in [4.69, 9.17) is 0 Å². The number of hydrogen-bond acceptors (Lipinski definition) is 1. The molecule has 2 bridgehead atoms. The lowest BCUT2D eigenvalue weighted by Gasteiger charge is -2.55. The monoisotopic (exact) mass is 207 g/mol. The van der Waals surface area contributed by atoms with Crippen LogP contribution in [0.3, 0.4) is 0 Å². The summed E-state index contributed by atoms with van der Waals surface area (Å²) in [6.07, 6.45) is 10.6. The number of piperidine rings is 1. The fourth-order valence-electron chi connectivity index (χ4n) is 4.63. The van der Waals surface area contributed by atoms with E-state index in [0.29, 0.717) is 5.54 Å². The van der Waals surface area contributed by atoms with Gasteiger partial charge in [0.25, 0.3) is 0 Å². The molecule has 2 aliphatic heterocycles. The van der Waals surface area contributed by atoms with E-state index in [1.54, 1.807) is 0 Å². The van der Waals surface area contributed by atoms with Gasteiger partial charge in [0.1, 0.15) is 0 Å². The highest BCUT2D eigenvalue weighted by atomic mass is 15.3. The second kappa shape index (κ2) is 3.00. The molecule has 1 spiro atoms. The largest absolute Gasteiger partial charge is 0.293 e. The van der Waals surface area contributed by atoms with Crippen LogP contribution in [0.2, 0.25) is 0 Å². The molecule has 2 heterocycles. The normalized spacial score (nSPS) is 39.4. The number of hydrogen-bond donors (Lipinski definition) is 0. The second-order valence-electron chi connectivity index (χ2n) is 7.22. The third-order valence-corrected chi connectivity index (χ3v) is 5.15. The molecule has 2 unspecified atom stereocenters. The van der Waals surface area contributed by atoms with Crippen LogP contribution in [-0.4, -0.2) is 22.5 Å². The Morgan fingerprint density at radius 3 is 1.87 bits per heavy atom. The third-order valence-electron chi connectivity index (χ3n) is 5.15. The summed E-state index contributed by atoms with van der Waals surface area (Å²) in [5.41, 5.74) is 1.21. The van der Waals surface area contributed by atoms with Gasteiger partial charge in [-0.3, -0.25) is 4.90 Å². The quantitative estimate of drug-likeness (QED) is 0.587. The minimum Gasteiger partial charge on any atom is -0.293 e. The molecular formula is C14H25N. The van der Waals surface area contributed by atoms with Crippen molar-refractivity contribution in [3.05, 3.63) is 0 Å². The molecular weight excluding hydrogens is 182 g/mol. The van der Waals surface area contributed by atoms with Gasteiger partial charge in [-0.2, -0.15) is 0 Å². The zero-order valence-corrected chi connectivity index (χ0v) is 10.6. The SMILES string of the molecule is CC(C)(C)N1C2CCC1CC1(CCC1)C2. The lowest BCUT2D eigenvalue weighted by atomic mass is 9.61. The molecule has 1 aliphatic carbocycles. The molecule has 0 aromatic heterocycles. The molecule has 1 heteroatoms. The summed E-state index contributed by atoms with van der Waals surface area (Å²) in [6, 6.07) is 1.84. The van der Waals surface area contributed by atoms with Gasteiger partial charge in [0.05, 0.1) is 0 Å². The van der Waals surface area contributed by atoms with Crippen molar-refractivity contribution in [3.63, 3.8) is 0 Å². The maximum absolute atomic E-state index is 2.84. The van der Waals surface area contributed by atoms with Gasteiger partial charge in [0.15, 0.2) is 0 Å². The first-order chi connectivity index (χ1) is 7.00. The zero-order valence-electron chi connectivity index (χ0n) is 10.6. The van der Waals surface area contributed by atoms with Crippen LogP contribution in [0.1, 0.15) is 65.7 Å². The van der Waals surface area contributed by atoms with Crippen LogP contribution in [0, 0.1) is 5.41 Å².